The predicted octanol–water partition coefficient (Wildman–Crippen LogP) is 1.03. The molecule has 0 bridgehead atoms. The summed E-state index contributed by atoms with van der Waals surface area (Å²) >= 11 is 0. The van der Waals surface area contributed by atoms with Crippen molar-refractivity contribution in [1.82, 2.24) is 10.2 Å². The Kier molecular flexibility index (Phi) is 1.89. The van der Waals surface area contributed by atoms with Crippen molar-refractivity contribution in [3.8, 4) is 0 Å². The van der Waals surface area contributed by atoms with Crippen LogP contribution in [0.3, 0.4) is 0 Å². The molecule has 2 rings (SSSR count). The molecule has 63 valence electrons. The lowest BCUT2D eigenvalue weighted by molar-refractivity contribution is 0.562. The summed E-state index contributed by atoms with van der Waals surface area (Å²) in [5, 5.41) is 7.09. The second kappa shape index (κ2) is 3.05. The molecular formula is C8H9FN3. The van der Waals surface area contributed by atoms with Gasteiger partial charge in [0.05, 0.1) is 0 Å². The van der Waals surface area contributed by atoms with Crippen molar-refractivity contribution in [2.75, 3.05) is 18.0 Å². The van der Waals surface area contributed by atoms with Crippen LogP contribution in [0.4, 0.5) is 10.2 Å². The molecule has 1 aromatic rings. The molecular weight excluding hydrogens is 157 g/mol. The van der Waals surface area contributed by atoms with Crippen LogP contribution in [0.2, 0.25) is 0 Å². The molecule has 12 heavy (non-hydrogen) atoms. The number of hydrogen-bond acceptors (Lipinski definition) is 3. The van der Waals surface area contributed by atoms with Crippen molar-refractivity contribution in [3.63, 3.8) is 0 Å². The van der Waals surface area contributed by atoms with Gasteiger partial charge < -0.3 is 4.90 Å². The number of aromatic nitrogens is 2. The first kappa shape index (κ1) is 7.46. The highest BCUT2D eigenvalue weighted by Gasteiger charge is 2.13. The van der Waals surface area contributed by atoms with Crippen LogP contribution >= 0.6 is 0 Å². The maximum atomic E-state index is 12.4. The molecule has 1 aromatic heterocycles. The zero-order chi connectivity index (χ0) is 8.39. The van der Waals surface area contributed by atoms with Crippen LogP contribution in [0.15, 0.2) is 12.1 Å². The van der Waals surface area contributed by atoms with E-state index >= 15 is 0 Å². The average molecular weight is 166 g/mol. The smallest absolute Gasteiger partial charge is 0.233 e. The van der Waals surface area contributed by atoms with Crippen molar-refractivity contribution in [3.05, 3.63) is 24.5 Å². The maximum absolute atomic E-state index is 12.4. The van der Waals surface area contributed by atoms with Crippen molar-refractivity contribution >= 4 is 5.82 Å². The Morgan fingerprint density at radius 1 is 1.33 bits per heavy atom. The molecule has 0 atom stereocenters. The zero-order valence-corrected chi connectivity index (χ0v) is 6.57. The number of rotatable bonds is 1. The van der Waals surface area contributed by atoms with E-state index in [0.29, 0.717) is 0 Å². The van der Waals surface area contributed by atoms with Crippen LogP contribution in [0.25, 0.3) is 0 Å². The summed E-state index contributed by atoms with van der Waals surface area (Å²) in [6.45, 7) is 1.85. The van der Waals surface area contributed by atoms with E-state index in [1.165, 1.54) is 6.07 Å². The Bertz CT molecular complexity index is 254. The third-order valence-corrected chi connectivity index (χ3v) is 1.89. The molecule has 0 saturated carbocycles. The molecule has 0 aliphatic carbocycles. The molecule has 0 unspecified atom stereocenters. The molecule has 1 aliphatic rings. The number of anilines is 1. The van der Waals surface area contributed by atoms with Gasteiger partial charge in [-0.25, -0.2) is 0 Å². The largest absolute Gasteiger partial charge is 0.355 e. The lowest BCUT2D eigenvalue weighted by Crippen LogP contribution is -2.19. The van der Waals surface area contributed by atoms with Gasteiger partial charge in [-0.05, 0) is 25.0 Å². The van der Waals surface area contributed by atoms with Crippen LogP contribution in [0.1, 0.15) is 6.42 Å². The Balaban J connectivity index is 2.17. The molecule has 1 fully saturated rings. The van der Waals surface area contributed by atoms with E-state index < -0.39 is 5.95 Å². The third-order valence-electron chi connectivity index (χ3n) is 1.89. The van der Waals surface area contributed by atoms with Crippen molar-refractivity contribution < 1.29 is 4.39 Å². The van der Waals surface area contributed by atoms with Gasteiger partial charge in [0.2, 0.25) is 5.95 Å². The lowest BCUT2D eigenvalue weighted by Gasteiger charge is -2.14. The normalized spacial score (nSPS) is 16.9. The lowest BCUT2D eigenvalue weighted by atomic mass is 10.4. The molecule has 4 heteroatoms. The van der Waals surface area contributed by atoms with Crippen LogP contribution in [0, 0.1) is 12.4 Å². The van der Waals surface area contributed by atoms with Gasteiger partial charge in [-0.15, -0.1) is 10.2 Å². The Morgan fingerprint density at radius 2 is 2.25 bits per heavy atom. The maximum Gasteiger partial charge on any atom is 0.233 e. The van der Waals surface area contributed by atoms with Gasteiger partial charge in [-0.1, -0.05) is 0 Å². The van der Waals surface area contributed by atoms with Crippen molar-refractivity contribution in [2.24, 2.45) is 0 Å². The first-order chi connectivity index (χ1) is 5.86. The van der Waals surface area contributed by atoms with Gasteiger partial charge in [0, 0.05) is 13.1 Å². The summed E-state index contributed by atoms with van der Waals surface area (Å²) in [4.78, 5) is 2.06. The topological polar surface area (TPSA) is 29.0 Å². The van der Waals surface area contributed by atoms with Gasteiger partial charge in [-0.3, -0.25) is 0 Å². The van der Waals surface area contributed by atoms with E-state index in [9.17, 15) is 4.39 Å². The Hall–Kier alpha value is -1.19. The summed E-state index contributed by atoms with van der Waals surface area (Å²) in [6.07, 6.45) is 3.24. The van der Waals surface area contributed by atoms with Gasteiger partial charge in [-0.2, -0.15) is 4.39 Å². The fraction of sp³-hybridized carbons (Fsp3) is 0.375. The summed E-state index contributed by atoms with van der Waals surface area (Å²) in [6, 6.07) is 2.99. The molecule has 0 N–H and O–H groups in total. The van der Waals surface area contributed by atoms with E-state index in [1.807, 2.05) is 0 Å². The minimum absolute atomic E-state index is 0.526. The van der Waals surface area contributed by atoms with E-state index in [4.69, 9.17) is 0 Å². The van der Waals surface area contributed by atoms with Crippen molar-refractivity contribution in [2.45, 2.75) is 6.42 Å². The quantitative estimate of drug-likeness (QED) is 0.624. The minimum Gasteiger partial charge on any atom is -0.355 e. The fourth-order valence-corrected chi connectivity index (χ4v) is 1.27. The van der Waals surface area contributed by atoms with Gasteiger partial charge in [0.1, 0.15) is 0 Å². The number of hydrogen-bond donors (Lipinski definition) is 0. The van der Waals surface area contributed by atoms with Crippen LogP contribution in [-0.4, -0.2) is 23.3 Å². The van der Waals surface area contributed by atoms with E-state index in [2.05, 4.69) is 21.5 Å². The molecule has 1 aliphatic heterocycles. The van der Waals surface area contributed by atoms with Crippen LogP contribution in [-0.2, 0) is 0 Å². The van der Waals surface area contributed by atoms with E-state index in [0.717, 1.165) is 25.3 Å². The highest BCUT2D eigenvalue weighted by Crippen LogP contribution is 2.15. The van der Waals surface area contributed by atoms with Crippen molar-refractivity contribution in [1.29, 1.82) is 0 Å². The van der Waals surface area contributed by atoms with Crippen LogP contribution in [0.5, 0.6) is 0 Å². The second-order valence-electron chi connectivity index (χ2n) is 2.74. The Morgan fingerprint density at radius 3 is 2.83 bits per heavy atom. The SMILES string of the molecule is Fc1ccc(N2C[CH]CC2)nn1. The molecule has 0 aromatic carbocycles. The Labute approximate surface area is 70.2 Å². The monoisotopic (exact) mass is 166 g/mol. The number of halogens is 1. The third kappa shape index (κ3) is 1.37. The molecule has 2 heterocycles. The summed E-state index contributed by atoms with van der Waals surface area (Å²) in [5.41, 5.74) is 0. The minimum atomic E-state index is -0.526. The molecule has 0 amide bonds. The van der Waals surface area contributed by atoms with Gasteiger partial charge in [0.15, 0.2) is 5.82 Å². The highest BCUT2D eigenvalue weighted by atomic mass is 19.1. The zero-order valence-electron chi connectivity index (χ0n) is 6.57. The summed E-state index contributed by atoms with van der Waals surface area (Å²) in [7, 11) is 0. The molecule has 1 radical (unpaired) electrons. The van der Waals surface area contributed by atoms with E-state index in [1.54, 1.807) is 6.07 Å². The van der Waals surface area contributed by atoms with E-state index in [-0.39, 0.29) is 0 Å². The fourth-order valence-electron chi connectivity index (χ4n) is 1.27. The van der Waals surface area contributed by atoms with Gasteiger partial charge in [0.25, 0.3) is 0 Å². The molecule has 3 nitrogen and oxygen atoms in total. The molecule has 0 spiro atoms. The average Bonchev–Trinajstić information content (AvgIpc) is 2.58. The number of nitrogens with zero attached hydrogens (tertiary/aromatic N) is 3. The summed E-state index contributed by atoms with van der Waals surface area (Å²) in [5.74, 6) is 0.229. The highest BCUT2D eigenvalue weighted by molar-refractivity contribution is 5.38. The standard InChI is InChI=1S/C8H9FN3/c9-7-3-4-8(11-10-7)12-5-1-2-6-12/h1,3-4H,2,5-6H2. The van der Waals surface area contributed by atoms with Crippen LogP contribution < -0.4 is 4.90 Å². The summed E-state index contributed by atoms with van der Waals surface area (Å²) < 4.78 is 12.4. The van der Waals surface area contributed by atoms with Gasteiger partial charge >= 0.3 is 0 Å². The first-order valence-corrected chi connectivity index (χ1v) is 3.92. The second-order valence-corrected chi connectivity index (χ2v) is 2.74. The predicted molar refractivity (Wildman–Crippen MR) is 43.1 cm³/mol. The first-order valence-electron chi connectivity index (χ1n) is 3.92. The molecule has 1 saturated heterocycles.